The Morgan fingerprint density at radius 2 is 1.67 bits per heavy atom. The number of benzene rings is 1. The molecule has 0 aliphatic heterocycles. The predicted molar refractivity (Wildman–Crippen MR) is 99.9 cm³/mol. The summed E-state index contributed by atoms with van der Waals surface area (Å²) in [5.41, 5.74) is 1.02. The molecule has 3 heteroatoms. The van der Waals surface area contributed by atoms with Crippen LogP contribution in [0.15, 0.2) is 24.3 Å². The van der Waals surface area contributed by atoms with Crippen LogP contribution in [0.1, 0.15) is 26.7 Å². The van der Waals surface area contributed by atoms with Crippen LogP contribution in [0.25, 0.3) is 0 Å². The molecule has 0 atom stereocenters. The van der Waals surface area contributed by atoms with Crippen LogP contribution in [-0.2, 0) is 4.74 Å². The Hall–Kier alpha value is -2.54. The predicted octanol–water partition coefficient (Wildman–Crippen LogP) is 3.35. The molecule has 0 aliphatic carbocycles. The number of nitrogens with zero attached hydrogens (tertiary/aromatic N) is 1. The minimum atomic E-state index is 0.482. The molecular weight excluding hydrogens is 298 g/mol. The Kier molecular flexibility index (Phi) is 10.5. The summed E-state index contributed by atoms with van der Waals surface area (Å²) in [5.74, 6) is 18.9. The summed E-state index contributed by atoms with van der Waals surface area (Å²) in [6, 6.07) is 8.01. The van der Waals surface area contributed by atoms with Crippen LogP contribution in [0.3, 0.4) is 0 Å². The molecule has 0 N–H and O–H groups in total. The van der Waals surface area contributed by atoms with Gasteiger partial charge in [-0.15, -0.1) is 17.8 Å². The van der Waals surface area contributed by atoms with E-state index in [1.807, 2.05) is 38.1 Å². The molecule has 3 nitrogen and oxygen atoms in total. The van der Waals surface area contributed by atoms with Crippen molar-refractivity contribution in [2.24, 2.45) is 0 Å². The van der Waals surface area contributed by atoms with Crippen molar-refractivity contribution < 1.29 is 9.47 Å². The number of anilines is 1. The number of rotatable bonds is 8. The summed E-state index contributed by atoms with van der Waals surface area (Å²) < 4.78 is 10.8. The molecule has 0 fully saturated rings. The Balaban J connectivity index is 2.68. The van der Waals surface area contributed by atoms with Crippen LogP contribution in [0, 0.1) is 35.5 Å². The zero-order chi connectivity index (χ0) is 17.5. The van der Waals surface area contributed by atoms with E-state index in [0.717, 1.165) is 24.3 Å². The van der Waals surface area contributed by atoms with Gasteiger partial charge < -0.3 is 14.4 Å². The van der Waals surface area contributed by atoms with E-state index in [4.69, 9.17) is 9.47 Å². The highest BCUT2D eigenvalue weighted by Crippen LogP contribution is 2.27. The van der Waals surface area contributed by atoms with E-state index < -0.39 is 0 Å². The number of hydrogen-bond donors (Lipinski definition) is 0. The highest BCUT2D eigenvalue weighted by atomic mass is 16.5. The number of ether oxygens (including phenoxy) is 2. The average molecular weight is 323 g/mol. The fraction of sp³-hybridized carbons (Fsp3) is 0.429. The highest BCUT2D eigenvalue weighted by Gasteiger charge is 2.10. The number of unbranched alkanes of at least 4 members (excludes halogenated alkanes) is 1. The molecule has 0 aliphatic rings. The molecule has 0 radical (unpaired) electrons. The van der Waals surface area contributed by atoms with Crippen molar-refractivity contribution >= 4 is 5.69 Å². The Morgan fingerprint density at radius 3 is 2.33 bits per heavy atom. The van der Waals surface area contributed by atoms with E-state index >= 15 is 0 Å². The molecule has 0 saturated heterocycles. The number of methoxy groups -OCH3 is 1. The van der Waals surface area contributed by atoms with E-state index in [2.05, 4.69) is 40.4 Å². The molecule has 0 spiro atoms. The fourth-order valence-corrected chi connectivity index (χ4v) is 1.97. The largest absolute Gasteiger partial charge is 0.491 e. The molecule has 0 heterocycles. The lowest BCUT2D eigenvalue weighted by molar-refractivity contribution is 0.239. The van der Waals surface area contributed by atoms with Gasteiger partial charge in [-0.3, -0.25) is 0 Å². The van der Waals surface area contributed by atoms with Crippen LogP contribution < -0.4 is 9.64 Å². The molecule has 0 unspecified atom stereocenters. The highest BCUT2D eigenvalue weighted by molar-refractivity contribution is 5.59. The Morgan fingerprint density at radius 1 is 0.958 bits per heavy atom. The van der Waals surface area contributed by atoms with Crippen molar-refractivity contribution in [3.05, 3.63) is 24.3 Å². The third kappa shape index (κ3) is 7.64. The second-order valence-corrected chi connectivity index (χ2v) is 4.92. The first kappa shape index (κ1) is 19.5. The fourth-order valence-electron chi connectivity index (χ4n) is 1.97. The van der Waals surface area contributed by atoms with E-state index in [9.17, 15) is 0 Å². The second-order valence-electron chi connectivity index (χ2n) is 4.92. The van der Waals surface area contributed by atoms with Crippen molar-refractivity contribution in [2.75, 3.05) is 38.3 Å². The second kappa shape index (κ2) is 13.0. The minimum absolute atomic E-state index is 0.482. The standard InChI is InChI=1S/C21H25NO2/c1-4-6-16-22(17-7-5-2)20-14-10-11-15-21(20)24-19-13-9-8-12-18-23-3/h10-11,14-15H,9,13,16-19H2,1-3H3. The summed E-state index contributed by atoms with van der Waals surface area (Å²) in [5, 5.41) is 0. The van der Waals surface area contributed by atoms with Crippen molar-refractivity contribution in [3.8, 4) is 41.3 Å². The zero-order valence-corrected chi connectivity index (χ0v) is 14.8. The quantitative estimate of drug-likeness (QED) is 0.541. The van der Waals surface area contributed by atoms with Gasteiger partial charge in [0.1, 0.15) is 12.4 Å². The summed E-state index contributed by atoms with van der Waals surface area (Å²) in [6.45, 7) is 6.07. The van der Waals surface area contributed by atoms with E-state index in [1.54, 1.807) is 7.11 Å². The summed E-state index contributed by atoms with van der Waals surface area (Å²) in [7, 11) is 1.65. The topological polar surface area (TPSA) is 21.7 Å². The van der Waals surface area contributed by atoms with Crippen molar-refractivity contribution in [1.82, 2.24) is 0 Å². The summed E-state index contributed by atoms with van der Waals surface area (Å²) in [6.07, 6.45) is 1.69. The third-order valence-corrected chi connectivity index (χ3v) is 3.14. The SMILES string of the molecule is CC#CCN(CC#CC)c1ccccc1OCCCC#CCOC. The molecule has 1 aromatic rings. The van der Waals surface area contributed by atoms with Gasteiger partial charge in [-0.2, -0.15) is 0 Å². The normalized spacial score (nSPS) is 8.79. The number of hydrogen-bond acceptors (Lipinski definition) is 3. The lowest BCUT2D eigenvalue weighted by Crippen LogP contribution is -2.24. The van der Waals surface area contributed by atoms with Gasteiger partial charge in [-0.1, -0.05) is 29.9 Å². The maximum Gasteiger partial charge on any atom is 0.142 e. The van der Waals surface area contributed by atoms with Gasteiger partial charge in [0, 0.05) is 13.5 Å². The summed E-state index contributed by atoms with van der Waals surface area (Å²) >= 11 is 0. The van der Waals surface area contributed by atoms with E-state index in [-0.39, 0.29) is 0 Å². The van der Waals surface area contributed by atoms with E-state index in [0.29, 0.717) is 26.3 Å². The molecule has 0 aromatic heterocycles. The van der Waals surface area contributed by atoms with Crippen LogP contribution in [0.4, 0.5) is 5.69 Å². The minimum Gasteiger partial charge on any atom is -0.491 e. The van der Waals surface area contributed by atoms with Crippen LogP contribution in [-0.4, -0.2) is 33.4 Å². The monoisotopic (exact) mass is 323 g/mol. The Labute approximate surface area is 146 Å². The van der Waals surface area contributed by atoms with Gasteiger partial charge in [-0.05, 0) is 32.4 Å². The molecule has 0 saturated carbocycles. The first-order valence-electron chi connectivity index (χ1n) is 8.04. The van der Waals surface area contributed by atoms with Crippen molar-refractivity contribution in [2.45, 2.75) is 26.7 Å². The van der Waals surface area contributed by atoms with Crippen molar-refractivity contribution in [1.29, 1.82) is 0 Å². The van der Waals surface area contributed by atoms with Gasteiger partial charge in [0.2, 0.25) is 0 Å². The number of para-hydroxylation sites is 2. The van der Waals surface area contributed by atoms with Gasteiger partial charge in [0.15, 0.2) is 0 Å². The smallest absolute Gasteiger partial charge is 0.142 e. The van der Waals surface area contributed by atoms with Crippen molar-refractivity contribution in [3.63, 3.8) is 0 Å². The molecule has 0 amide bonds. The van der Waals surface area contributed by atoms with E-state index in [1.165, 1.54) is 0 Å². The van der Waals surface area contributed by atoms with Gasteiger partial charge in [0.25, 0.3) is 0 Å². The molecular formula is C21H25NO2. The van der Waals surface area contributed by atoms with Gasteiger partial charge in [-0.25, -0.2) is 0 Å². The van der Waals surface area contributed by atoms with Gasteiger partial charge >= 0.3 is 0 Å². The van der Waals surface area contributed by atoms with Crippen LogP contribution in [0.5, 0.6) is 5.75 Å². The maximum absolute atomic E-state index is 5.95. The first-order valence-corrected chi connectivity index (χ1v) is 8.04. The summed E-state index contributed by atoms with van der Waals surface area (Å²) in [4.78, 5) is 2.13. The Bertz CT molecular complexity index is 640. The lowest BCUT2D eigenvalue weighted by Gasteiger charge is -2.22. The van der Waals surface area contributed by atoms with Gasteiger partial charge in [0.05, 0.1) is 25.4 Å². The molecule has 0 bridgehead atoms. The third-order valence-electron chi connectivity index (χ3n) is 3.14. The molecule has 126 valence electrons. The lowest BCUT2D eigenvalue weighted by atomic mass is 10.2. The molecule has 1 aromatic carbocycles. The van der Waals surface area contributed by atoms with Crippen LogP contribution >= 0.6 is 0 Å². The average Bonchev–Trinajstić information content (AvgIpc) is 2.62. The van der Waals surface area contributed by atoms with Crippen LogP contribution in [0.2, 0.25) is 0 Å². The molecule has 1 rings (SSSR count). The molecule has 24 heavy (non-hydrogen) atoms. The maximum atomic E-state index is 5.95. The first-order chi connectivity index (χ1) is 11.8. The zero-order valence-electron chi connectivity index (χ0n) is 14.8.